The van der Waals surface area contributed by atoms with Crippen LogP contribution in [0.15, 0.2) is 30.5 Å². The quantitative estimate of drug-likeness (QED) is 0.723. The molecule has 25 heavy (non-hydrogen) atoms. The number of nitrogens with zero attached hydrogens (tertiary/aromatic N) is 3. The van der Waals surface area contributed by atoms with Crippen LogP contribution in [0.3, 0.4) is 0 Å². The van der Waals surface area contributed by atoms with E-state index in [1.165, 1.54) is 14.6 Å². The highest BCUT2D eigenvalue weighted by Gasteiger charge is 2.26. The van der Waals surface area contributed by atoms with E-state index in [0.29, 0.717) is 11.0 Å². The summed E-state index contributed by atoms with van der Waals surface area (Å²) in [7, 11) is 0. The van der Waals surface area contributed by atoms with E-state index in [1.54, 1.807) is 22.7 Å². The molecule has 1 aliphatic rings. The molecule has 3 aromatic rings. The van der Waals surface area contributed by atoms with Crippen molar-refractivity contribution in [1.82, 2.24) is 14.9 Å². The normalized spacial score (nSPS) is 15.6. The summed E-state index contributed by atoms with van der Waals surface area (Å²) in [5, 5.41) is 4.82. The van der Waals surface area contributed by atoms with Gasteiger partial charge in [0.25, 0.3) is 0 Å². The number of aryl methyl sites for hydroxylation is 1. The summed E-state index contributed by atoms with van der Waals surface area (Å²) < 4.78 is 1.24. The molecule has 3 heterocycles. The van der Waals surface area contributed by atoms with E-state index in [9.17, 15) is 4.79 Å². The molecule has 0 unspecified atom stereocenters. The maximum Gasteiger partial charge on any atom is 0.323 e. The number of carbonyl (C=O) groups excluding carboxylic acids is 1. The van der Waals surface area contributed by atoms with Gasteiger partial charge in [-0.05, 0) is 31.4 Å². The summed E-state index contributed by atoms with van der Waals surface area (Å²) in [5.74, 6) is 0.452. The van der Waals surface area contributed by atoms with Crippen molar-refractivity contribution in [3.05, 3.63) is 40.3 Å². The molecule has 0 atom stereocenters. The van der Waals surface area contributed by atoms with Crippen LogP contribution in [-0.2, 0) is 6.42 Å². The number of anilines is 1. The second-order valence-corrected chi connectivity index (χ2v) is 8.37. The van der Waals surface area contributed by atoms with Crippen LogP contribution in [0.2, 0.25) is 0 Å². The van der Waals surface area contributed by atoms with Crippen LogP contribution in [0.5, 0.6) is 0 Å². The Kier molecular flexibility index (Phi) is 4.67. The number of thiazole rings is 2. The first-order valence-corrected chi connectivity index (χ1v) is 10.2. The average Bonchev–Trinajstić information content (AvgIpc) is 3.28. The highest BCUT2D eigenvalue weighted by atomic mass is 32.1. The van der Waals surface area contributed by atoms with Crippen LogP contribution in [0, 0.1) is 0 Å². The molecular weight excluding hydrogens is 352 g/mol. The maximum atomic E-state index is 12.4. The molecule has 1 aromatic carbocycles. The third-order valence-corrected chi connectivity index (χ3v) is 6.81. The maximum absolute atomic E-state index is 12.4. The van der Waals surface area contributed by atoms with Gasteiger partial charge in [-0.3, -0.25) is 5.32 Å². The average molecular weight is 373 g/mol. The third kappa shape index (κ3) is 3.52. The lowest BCUT2D eigenvalue weighted by Gasteiger charge is -2.30. The lowest BCUT2D eigenvalue weighted by Crippen LogP contribution is -2.40. The minimum absolute atomic E-state index is 0.0419. The van der Waals surface area contributed by atoms with Crippen LogP contribution < -0.4 is 5.32 Å². The van der Waals surface area contributed by atoms with Crippen molar-refractivity contribution in [3.63, 3.8) is 0 Å². The van der Waals surface area contributed by atoms with Crippen molar-refractivity contribution in [2.24, 2.45) is 0 Å². The number of hydrogen-bond acceptors (Lipinski definition) is 5. The largest absolute Gasteiger partial charge is 0.324 e. The number of amides is 2. The molecule has 0 aliphatic carbocycles. The fourth-order valence-corrected chi connectivity index (χ4v) is 4.97. The highest BCUT2D eigenvalue weighted by Crippen LogP contribution is 2.34. The SMILES string of the molecule is CCc1cnc(NC(=O)N2CCC(c3nc4ccccc4s3)CC2)s1. The first-order chi connectivity index (χ1) is 12.2. The lowest BCUT2D eigenvalue weighted by atomic mass is 9.98. The number of aromatic nitrogens is 2. The zero-order valence-corrected chi connectivity index (χ0v) is 15.7. The van der Waals surface area contributed by atoms with E-state index < -0.39 is 0 Å². The molecule has 0 saturated carbocycles. The molecular formula is C18H20N4OS2. The fourth-order valence-electron chi connectivity index (χ4n) is 3.09. The smallest absolute Gasteiger partial charge is 0.323 e. The number of fused-ring (bicyclic) bond motifs is 1. The number of likely N-dealkylation sites (tertiary alicyclic amines) is 1. The number of urea groups is 1. The number of rotatable bonds is 3. The Labute approximate surface area is 154 Å². The molecule has 1 fully saturated rings. The summed E-state index contributed by atoms with van der Waals surface area (Å²) in [6, 6.07) is 8.23. The first kappa shape index (κ1) is 16.5. The molecule has 1 aliphatic heterocycles. The predicted molar refractivity (Wildman–Crippen MR) is 104 cm³/mol. The number of carbonyl (C=O) groups is 1. The van der Waals surface area contributed by atoms with E-state index in [0.717, 1.165) is 37.9 Å². The summed E-state index contributed by atoms with van der Waals surface area (Å²) >= 11 is 3.33. The van der Waals surface area contributed by atoms with E-state index >= 15 is 0 Å². The minimum Gasteiger partial charge on any atom is -0.324 e. The van der Waals surface area contributed by atoms with Crippen molar-refractivity contribution < 1.29 is 4.79 Å². The van der Waals surface area contributed by atoms with Gasteiger partial charge < -0.3 is 4.90 Å². The van der Waals surface area contributed by atoms with Gasteiger partial charge in [-0.15, -0.1) is 22.7 Å². The van der Waals surface area contributed by atoms with Gasteiger partial charge >= 0.3 is 6.03 Å². The molecule has 5 nitrogen and oxygen atoms in total. The Morgan fingerprint density at radius 3 is 2.80 bits per heavy atom. The number of hydrogen-bond donors (Lipinski definition) is 1. The Morgan fingerprint density at radius 2 is 2.08 bits per heavy atom. The highest BCUT2D eigenvalue weighted by molar-refractivity contribution is 7.18. The van der Waals surface area contributed by atoms with Crippen LogP contribution in [0.1, 0.15) is 35.6 Å². The Bertz CT molecular complexity index is 847. The molecule has 1 saturated heterocycles. The van der Waals surface area contributed by atoms with E-state index in [-0.39, 0.29) is 6.03 Å². The number of piperidine rings is 1. The molecule has 0 spiro atoms. The predicted octanol–water partition coefficient (Wildman–Crippen LogP) is 4.73. The van der Waals surface area contributed by atoms with Crippen molar-refractivity contribution in [2.75, 3.05) is 18.4 Å². The number of benzene rings is 1. The number of nitrogens with one attached hydrogen (secondary N) is 1. The van der Waals surface area contributed by atoms with Crippen molar-refractivity contribution in [2.45, 2.75) is 32.1 Å². The second-order valence-electron chi connectivity index (χ2n) is 6.20. The molecule has 1 N–H and O–H groups in total. The van der Waals surface area contributed by atoms with Crippen molar-refractivity contribution >= 4 is 44.1 Å². The molecule has 0 bridgehead atoms. The van der Waals surface area contributed by atoms with Crippen LogP contribution in [0.4, 0.5) is 9.93 Å². The van der Waals surface area contributed by atoms with Gasteiger partial charge in [-0.2, -0.15) is 0 Å². The van der Waals surface area contributed by atoms with Crippen LogP contribution in [0.25, 0.3) is 10.2 Å². The standard InChI is InChI=1S/C18H20N4OS2/c1-2-13-11-19-17(24-13)21-18(23)22-9-7-12(8-10-22)16-20-14-5-3-4-6-15(14)25-16/h3-6,11-12H,2,7-10H2,1H3,(H,19,21,23). The summed E-state index contributed by atoms with van der Waals surface area (Å²) in [6.45, 7) is 3.61. The van der Waals surface area contributed by atoms with Gasteiger partial charge in [-0.25, -0.2) is 14.8 Å². The zero-order chi connectivity index (χ0) is 17.2. The summed E-state index contributed by atoms with van der Waals surface area (Å²) in [4.78, 5) is 24.5. The molecule has 2 amide bonds. The van der Waals surface area contributed by atoms with Gasteiger partial charge in [-0.1, -0.05) is 19.1 Å². The topological polar surface area (TPSA) is 58.1 Å². The molecule has 0 radical (unpaired) electrons. The monoisotopic (exact) mass is 372 g/mol. The molecule has 130 valence electrons. The van der Waals surface area contributed by atoms with Crippen LogP contribution >= 0.6 is 22.7 Å². The zero-order valence-electron chi connectivity index (χ0n) is 14.1. The lowest BCUT2D eigenvalue weighted by molar-refractivity contribution is 0.194. The van der Waals surface area contributed by atoms with Gasteiger partial charge in [0.1, 0.15) is 0 Å². The van der Waals surface area contributed by atoms with Crippen molar-refractivity contribution in [3.8, 4) is 0 Å². The summed E-state index contributed by atoms with van der Waals surface area (Å²) in [5.41, 5.74) is 1.08. The van der Waals surface area contributed by atoms with Gasteiger partial charge in [0.15, 0.2) is 5.13 Å². The van der Waals surface area contributed by atoms with E-state index in [1.807, 2.05) is 17.2 Å². The second kappa shape index (κ2) is 7.09. The van der Waals surface area contributed by atoms with Crippen LogP contribution in [-0.4, -0.2) is 34.0 Å². The van der Waals surface area contributed by atoms with Gasteiger partial charge in [0, 0.05) is 30.1 Å². The van der Waals surface area contributed by atoms with Gasteiger partial charge in [0.2, 0.25) is 0 Å². The molecule has 4 rings (SSSR count). The van der Waals surface area contributed by atoms with E-state index in [2.05, 4.69) is 35.4 Å². The minimum atomic E-state index is -0.0419. The first-order valence-electron chi connectivity index (χ1n) is 8.59. The summed E-state index contributed by atoms with van der Waals surface area (Å²) in [6.07, 6.45) is 4.71. The van der Waals surface area contributed by atoms with Gasteiger partial charge in [0.05, 0.1) is 15.2 Å². The number of para-hydroxylation sites is 1. The Morgan fingerprint density at radius 1 is 1.28 bits per heavy atom. The van der Waals surface area contributed by atoms with E-state index in [4.69, 9.17) is 4.98 Å². The van der Waals surface area contributed by atoms with Crippen molar-refractivity contribution in [1.29, 1.82) is 0 Å². The molecule has 7 heteroatoms. The fraction of sp³-hybridized carbons (Fsp3) is 0.389. The Hall–Kier alpha value is -1.99. The Balaban J connectivity index is 1.36. The third-order valence-electron chi connectivity index (χ3n) is 4.56. The molecule has 2 aromatic heterocycles.